The van der Waals surface area contributed by atoms with Gasteiger partial charge < -0.3 is 10.0 Å². The fourth-order valence-electron chi connectivity index (χ4n) is 2.38. The van der Waals surface area contributed by atoms with Gasteiger partial charge in [0.1, 0.15) is 0 Å². The van der Waals surface area contributed by atoms with Crippen LogP contribution in [0.3, 0.4) is 0 Å². The number of nitrogens with zero attached hydrogens (tertiary/aromatic N) is 4. The number of β-amino-alcohol motifs (C(OH)–C–C–N with tert-alkyl or cyclic N) is 1. The highest BCUT2D eigenvalue weighted by atomic mass is 35.5. The van der Waals surface area contributed by atoms with E-state index in [9.17, 15) is 5.11 Å². The van der Waals surface area contributed by atoms with Crippen LogP contribution in [0.4, 0.5) is 5.69 Å². The lowest BCUT2D eigenvalue weighted by molar-refractivity contribution is 0.198. The summed E-state index contributed by atoms with van der Waals surface area (Å²) in [7, 11) is 0. The van der Waals surface area contributed by atoms with E-state index in [2.05, 4.69) is 15.0 Å². The minimum absolute atomic E-state index is 0.269. The van der Waals surface area contributed by atoms with Crippen molar-refractivity contribution in [1.29, 1.82) is 0 Å². The van der Waals surface area contributed by atoms with Gasteiger partial charge in [-0.1, -0.05) is 25.4 Å². The van der Waals surface area contributed by atoms with Gasteiger partial charge in [-0.2, -0.15) is 5.10 Å². The third kappa shape index (κ3) is 2.60. The average molecular weight is 297 g/mol. The van der Waals surface area contributed by atoms with E-state index in [1.165, 1.54) is 0 Å². The molecule has 0 radical (unpaired) electrons. The summed E-state index contributed by atoms with van der Waals surface area (Å²) in [6.07, 6.45) is 0.513. The maximum atomic E-state index is 9.64. The summed E-state index contributed by atoms with van der Waals surface area (Å²) in [5, 5.41) is 14.4. The summed E-state index contributed by atoms with van der Waals surface area (Å²) in [5.41, 5.74) is 3.70. The van der Waals surface area contributed by atoms with Crippen LogP contribution in [0.15, 0.2) is 6.07 Å². The first-order valence-corrected chi connectivity index (χ1v) is 7.39. The molecule has 1 aliphatic rings. The first-order valence-electron chi connectivity index (χ1n) is 7.02. The molecule has 3 rings (SSSR count). The van der Waals surface area contributed by atoms with Crippen molar-refractivity contribution in [3.05, 3.63) is 22.6 Å². The number of fused-ring (bicyclic) bond motifs is 1. The predicted molar refractivity (Wildman–Crippen MR) is 81.7 cm³/mol. The molecular weight excluding hydrogens is 276 g/mol. The smallest absolute Gasteiger partial charge is 0.177 e. The van der Waals surface area contributed by atoms with Gasteiger partial charge in [-0.15, -0.1) is 0 Å². The average Bonchev–Trinajstić information content (AvgIpc) is 2.98. The number of halogens is 1. The minimum Gasteiger partial charge on any atom is -0.391 e. The molecule has 20 heavy (non-hydrogen) atoms. The van der Waals surface area contributed by atoms with Crippen LogP contribution in [0, 0.1) is 13.8 Å². The van der Waals surface area contributed by atoms with Crippen molar-refractivity contribution in [1.82, 2.24) is 14.6 Å². The van der Waals surface area contributed by atoms with Gasteiger partial charge in [-0.25, -0.2) is 9.50 Å². The van der Waals surface area contributed by atoms with Crippen LogP contribution in [0.5, 0.6) is 0 Å². The molecule has 0 aromatic carbocycles. The Morgan fingerprint density at radius 3 is 2.65 bits per heavy atom. The first-order chi connectivity index (χ1) is 9.56. The van der Waals surface area contributed by atoms with Crippen LogP contribution >= 0.6 is 11.6 Å². The molecule has 0 aliphatic carbocycles. The van der Waals surface area contributed by atoms with Gasteiger partial charge >= 0.3 is 0 Å². The fraction of sp³-hybridized carbons (Fsp3) is 0.571. The summed E-state index contributed by atoms with van der Waals surface area (Å²) in [6.45, 7) is 9.38. The largest absolute Gasteiger partial charge is 0.391 e. The maximum Gasteiger partial charge on any atom is 0.177 e. The highest BCUT2D eigenvalue weighted by molar-refractivity contribution is 6.29. The van der Waals surface area contributed by atoms with Crippen molar-refractivity contribution < 1.29 is 5.11 Å². The lowest BCUT2D eigenvalue weighted by Gasteiger charge is -2.18. The number of aliphatic hydroxyl groups is 1. The van der Waals surface area contributed by atoms with E-state index >= 15 is 0 Å². The quantitative estimate of drug-likeness (QED) is 0.879. The van der Waals surface area contributed by atoms with Crippen molar-refractivity contribution in [2.75, 3.05) is 18.0 Å². The molecule has 0 spiro atoms. The zero-order valence-corrected chi connectivity index (χ0v) is 13.1. The Labute approximate surface area is 124 Å². The second kappa shape index (κ2) is 5.97. The minimum atomic E-state index is -0.269. The van der Waals surface area contributed by atoms with Crippen molar-refractivity contribution in [2.24, 2.45) is 0 Å². The molecule has 1 aliphatic heterocycles. The van der Waals surface area contributed by atoms with E-state index in [-0.39, 0.29) is 6.10 Å². The molecule has 1 unspecified atom stereocenters. The van der Waals surface area contributed by atoms with E-state index in [0.717, 1.165) is 35.7 Å². The molecule has 5 nitrogen and oxygen atoms in total. The van der Waals surface area contributed by atoms with Crippen molar-refractivity contribution in [3.63, 3.8) is 0 Å². The van der Waals surface area contributed by atoms with E-state index < -0.39 is 0 Å². The molecule has 3 heterocycles. The SMILES string of the molecule is CC.Cc1nc2c(N3CCC(O)C3)cc(Cl)nn2c1C. The lowest BCUT2D eigenvalue weighted by atomic mass is 10.3. The van der Waals surface area contributed by atoms with Crippen LogP contribution in [0.1, 0.15) is 31.7 Å². The molecule has 1 fully saturated rings. The molecule has 2 aromatic heterocycles. The Balaban J connectivity index is 0.000000704. The van der Waals surface area contributed by atoms with Crippen LogP contribution in [-0.2, 0) is 0 Å². The number of imidazole rings is 1. The van der Waals surface area contributed by atoms with Crippen molar-refractivity contribution in [3.8, 4) is 0 Å². The summed E-state index contributed by atoms with van der Waals surface area (Å²) in [6, 6.07) is 1.82. The number of rotatable bonds is 1. The lowest BCUT2D eigenvalue weighted by Crippen LogP contribution is -2.22. The Bertz CT molecular complexity index is 611. The number of aromatic nitrogens is 3. The van der Waals surface area contributed by atoms with Gasteiger partial charge in [0.15, 0.2) is 10.8 Å². The molecule has 6 heteroatoms. The van der Waals surface area contributed by atoms with Gasteiger partial charge in [-0.3, -0.25) is 0 Å². The first kappa shape index (κ1) is 15.1. The summed E-state index contributed by atoms with van der Waals surface area (Å²) in [5.74, 6) is 0. The zero-order chi connectivity index (χ0) is 14.9. The summed E-state index contributed by atoms with van der Waals surface area (Å²) >= 11 is 6.07. The van der Waals surface area contributed by atoms with Crippen molar-refractivity contribution in [2.45, 2.75) is 40.2 Å². The number of hydrogen-bond donors (Lipinski definition) is 1. The molecule has 0 bridgehead atoms. The Morgan fingerprint density at radius 1 is 1.35 bits per heavy atom. The molecule has 2 aromatic rings. The molecule has 0 saturated carbocycles. The van der Waals surface area contributed by atoms with Gasteiger partial charge in [-0.05, 0) is 20.3 Å². The Morgan fingerprint density at radius 2 is 2.05 bits per heavy atom. The monoisotopic (exact) mass is 296 g/mol. The van der Waals surface area contributed by atoms with Gasteiger partial charge in [0.05, 0.1) is 23.2 Å². The predicted octanol–water partition coefficient (Wildman–Crippen LogP) is 2.60. The standard InChI is InChI=1S/C12H15ClN4O.C2H6/c1-7-8(2)17-12(14-7)10(5-11(13)15-17)16-4-3-9(18)6-16;1-2/h5,9,18H,3-4,6H2,1-2H3;1-2H3. The fourth-order valence-corrected chi connectivity index (χ4v) is 2.56. The topological polar surface area (TPSA) is 53.7 Å². The van der Waals surface area contributed by atoms with Gasteiger partial charge in [0.2, 0.25) is 0 Å². The number of hydrogen-bond acceptors (Lipinski definition) is 4. The normalized spacial score (nSPS) is 18.3. The van der Waals surface area contributed by atoms with Gasteiger partial charge in [0.25, 0.3) is 0 Å². The van der Waals surface area contributed by atoms with E-state index in [1.54, 1.807) is 4.52 Å². The second-order valence-electron chi connectivity index (χ2n) is 4.76. The van der Waals surface area contributed by atoms with E-state index in [1.807, 2.05) is 33.8 Å². The van der Waals surface area contributed by atoms with Gasteiger partial charge in [0, 0.05) is 19.2 Å². The third-order valence-corrected chi connectivity index (χ3v) is 3.68. The van der Waals surface area contributed by atoms with E-state index in [0.29, 0.717) is 11.7 Å². The maximum absolute atomic E-state index is 9.64. The van der Waals surface area contributed by atoms with Crippen LogP contribution in [-0.4, -0.2) is 38.9 Å². The molecular formula is C14H21ClN4O. The highest BCUT2D eigenvalue weighted by Crippen LogP contribution is 2.28. The summed E-state index contributed by atoms with van der Waals surface area (Å²) < 4.78 is 1.78. The number of anilines is 1. The van der Waals surface area contributed by atoms with Crippen LogP contribution < -0.4 is 4.90 Å². The van der Waals surface area contributed by atoms with Crippen LogP contribution in [0.25, 0.3) is 5.65 Å². The second-order valence-corrected chi connectivity index (χ2v) is 5.15. The van der Waals surface area contributed by atoms with Crippen LogP contribution in [0.2, 0.25) is 5.15 Å². The highest BCUT2D eigenvalue weighted by Gasteiger charge is 2.24. The summed E-state index contributed by atoms with van der Waals surface area (Å²) in [4.78, 5) is 6.65. The molecule has 0 amide bonds. The third-order valence-electron chi connectivity index (χ3n) is 3.50. The number of aliphatic hydroxyl groups excluding tert-OH is 1. The molecule has 1 saturated heterocycles. The zero-order valence-electron chi connectivity index (χ0n) is 12.4. The Kier molecular flexibility index (Phi) is 4.50. The van der Waals surface area contributed by atoms with E-state index in [4.69, 9.17) is 11.6 Å². The molecule has 1 atom stereocenters. The Hall–Kier alpha value is -1.33. The molecule has 110 valence electrons. The molecule has 1 N–H and O–H groups in total. The van der Waals surface area contributed by atoms with Crippen molar-refractivity contribution >= 4 is 22.9 Å². The number of aryl methyl sites for hydroxylation is 2.